The predicted molar refractivity (Wildman–Crippen MR) is 97.5 cm³/mol. The van der Waals surface area contributed by atoms with Crippen LogP contribution in [-0.2, 0) is 16.0 Å². The number of rotatable bonds is 6. The lowest BCUT2D eigenvalue weighted by molar-refractivity contribution is -0.137. The van der Waals surface area contributed by atoms with Crippen molar-refractivity contribution in [2.24, 2.45) is 5.92 Å². The van der Waals surface area contributed by atoms with Gasteiger partial charge in [-0.2, -0.15) is 0 Å². The van der Waals surface area contributed by atoms with Crippen molar-refractivity contribution in [2.45, 2.75) is 39.3 Å². The third-order valence-corrected chi connectivity index (χ3v) is 5.44. The van der Waals surface area contributed by atoms with Crippen LogP contribution in [0.25, 0.3) is 0 Å². The van der Waals surface area contributed by atoms with Crippen molar-refractivity contribution >= 4 is 29.5 Å². The maximum absolute atomic E-state index is 12.6. The van der Waals surface area contributed by atoms with E-state index < -0.39 is 12.0 Å². The molecule has 0 saturated carbocycles. The second kappa shape index (κ2) is 8.38. The Morgan fingerprint density at radius 2 is 1.88 bits per heavy atom. The molecule has 1 fully saturated rings. The summed E-state index contributed by atoms with van der Waals surface area (Å²) in [6.07, 6.45) is 0.157. The first kappa shape index (κ1) is 19.3. The summed E-state index contributed by atoms with van der Waals surface area (Å²) in [5.74, 6) is 0.200. The molecule has 0 aromatic heterocycles. The molecule has 25 heavy (non-hydrogen) atoms. The summed E-state index contributed by atoms with van der Waals surface area (Å²) < 4.78 is 0. The van der Waals surface area contributed by atoms with Gasteiger partial charge in [0.25, 0.3) is 0 Å². The molecular weight excluding hydrogens is 340 g/mol. The Labute approximate surface area is 152 Å². The minimum absolute atomic E-state index is 0.0543. The van der Waals surface area contributed by atoms with Crippen LogP contribution in [0.2, 0.25) is 0 Å². The van der Waals surface area contributed by atoms with E-state index in [4.69, 9.17) is 5.11 Å². The molecular formula is C18H24N2O4S. The van der Waals surface area contributed by atoms with E-state index in [2.05, 4.69) is 5.32 Å². The van der Waals surface area contributed by atoms with Crippen LogP contribution in [0.15, 0.2) is 24.3 Å². The molecule has 2 unspecified atom stereocenters. The summed E-state index contributed by atoms with van der Waals surface area (Å²) in [6.45, 7) is 6.04. The van der Waals surface area contributed by atoms with Crippen molar-refractivity contribution in [3.8, 4) is 0 Å². The Kier molecular flexibility index (Phi) is 6.47. The number of thioether (sulfide) groups is 1. The lowest BCUT2D eigenvalue weighted by Crippen LogP contribution is -2.50. The van der Waals surface area contributed by atoms with Crippen molar-refractivity contribution in [1.82, 2.24) is 10.2 Å². The fourth-order valence-electron chi connectivity index (χ4n) is 2.43. The van der Waals surface area contributed by atoms with Crippen molar-refractivity contribution in [2.75, 3.05) is 11.6 Å². The standard InChI is InChI=1S/C18H24N2O4S/c1-11(2)12(3)19-17(22)15-9-25-10-20(15)16(21)8-13-4-6-14(7-5-13)18(23)24/h4-7,11-12,15H,8-10H2,1-3H3,(H,19,22)(H,23,24). The Hall–Kier alpha value is -2.02. The Bertz CT molecular complexity index is 645. The van der Waals surface area contributed by atoms with Crippen LogP contribution < -0.4 is 5.32 Å². The molecule has 1 heterocycles. The number of carboxylic acids is 1. The highest BCUT2D eigenvalue weighted by Gasteiger charge is 2.35. The van der Waals surface area contributed by atoms with Gasteiger partial charge in [-0.15, -0.1) is 11.8 Å². The summed E-state index contributed by atoms with van der Waals surface area (Å²) in [5.41, 5.74) is 0.925. The highest BCUT2D eigenvalue weighted by Crippen LogP contribution is 2.22. The van der Waals surface area contributed by atoms with Crippen LogP contribution in [0.5, 0.6) is 0 Å². The highest BCUT2D eigenvalue weighted by molar-refractivity contribution is 7.99. The predicted octanol–water partition coefficient (Wildman–Crippen LogP) is 1.99. The van der Waals surface area contributed by atoms with E-state index in [1.807, 2.05) is 20.8 Å². The number of hydrogen-bond donors (Lipinski definition) is 2. The van der Waals surface area contributed by atoms with Crippen molar-refractivity contribution in [3.05, 3.63) is 35.4 Å². The fraction of sp³-hybridized carbons (Fsp3) is 0.500. The van der Waals surface area contributed by atoms with Crippen molar-refractivity contribution in [1.29, 1.82) is 0 Å². The van der Waals surface area contributed by atoms with Gasteiger partial charge in [0, 0.05) is 11.8 Å². The molecule has 2 rings (SSSR count). The van der Waals surface area contributed by atoms with Crippen LogP contribution in [-0.4, -0.2) is 51.5 Å². The zero-order chi connectivity index (χ0) is 18.6. The number of nitrogens with one attached hydrogen (secondary N) is 1. The number of benzene rings is 1. The summed E-state index contributed by atoms with van der Waals surface area (Å²) >= 11 is 1.57. The van der Waals surface area contributed by atoms with Gasteiger partial charge in [0.1, 0.15) is 6.04 Å². The number of nitrogens with zero attached hydrogens (tertiary/aromatic N) is 1. The van der Waals surface area contributed by atoms with Crippen molar-refractivity contribution in [3.63, 3.8) is 0 Å². The third-order valence-electron chi connectivity index (χ3n) is 4.43. The number of amides is 2. The largest absolute Gasteiger partial charge is 0.478 e. The number of aromatic carboxylic acids is 1. The van der Waals surface area contributed by atoms with E-state index >= 15 is 0 Å². The Morgan fingerprint density at radius 3 is 2.44 bits per heavy atom. The topological polar surface area (TPSA) is 86.7 Å². The molecule has 2 atom stereocenters. The van der Waals surface area contributed by atoms with Crippen LogP contribution in [0, 0.1) is 5.92 Å². The first-order chi connectivity index (χ1) is 11.8. The van der Waals surface area contributed by atoms with Gasteiger partial charge in [-0.1, -0.05) is 26.0 Å². The first-order valence-electron chi connectivity index (χ1n) is 8.29. The molecule has 6 nitrogen and oxygen atoms in total. The quantitative estimate of drug-likeness (QED) is 0.806. The molecule has 1 aliphatic heterocycles. The van der Waals surface area contributed by atoms with Gasteiger partial charge >= 0.3 is 5.97 Å². The highest BCUT2D eigenvalue weighted by atomic mass is 32.2. The Morgan fingerprint density at radius 1 is 1.24 bits per heavy atom. The molecule has 136 valence electrons. The minimum Gasteiger partial charge on any atom is -0.478 e. The van der Waals surface area contributed by atoms with Crippen LogP contribution >= 0.6 is 11.8 Å². The van der Waals surface area contributed by atoms with Gasteiger partial charge in [0.05, 0.1) is 17.9 Å². The molecule has 7 heteroatoms. The summed E-state index contributed by atoms with van der Waals surface area (Å²) in [5, 5.41) is 11.9. The van der Waals surface area contributed by atoms with Gasteiger partial charge in [0.15, 0.2) is 0 Å². The molecule has 1 aromatic rings. The average molecular weight is 364 g/mol. The zero-order valence-electron chi connectivity index (χ0n) is 14.7. The zero-order valence-corrected chi connectivity index (χ0v) is 15.5. The van der Waals surface area contributed by atoms with Crippen LogP contribution in [0.1, 0.15) is 36.7 Å². The molecule has 1 saturated heterocycles. The van der Waals surface area contributed by atoms with Gasteiger partial charge in [-0.25, -0.2) is 4.79 Å². The van der Waals surface area contributed by atoms with Crippen LogP contribution in [0.4, 0.5) is 0 Å². The van der Waals surface area contributed by atoms with E-state index in [0.717, 1.165) is 5.56 Å². The maximum atomic E-state index is 12.6. The number of carbonyl (C=O) groups is 3. The van der Waals surface area contributed by atoms with Gasteiger partial charge in [-0.05, 0) is 30.5 Å². The molecule has 0 spiro atoms. The number of carbonyl (C=O) groups excluding carboxylic acids is 2. The lowest BCUT2D eigenvalue weighted by Gasteiger charge is -2.26. The lowest BCUT2D eigenvalue weighted by atomic mass is 10.1. The number of hydrogen-bond acceptors (Lipinski definition) is 4. The second-order valence-corrected chi connectivity index (χ2v) is 7.60. The monoisotopic (exact) mass is 364 g/mol. The maximum Gasteiger partial charge on any atom is 0.335 e. The fourth-order valence-corrected chi connectivity index (χ4v) is 3.61. The molecule has 2 N–H and O–H groups in total. The summed E-state index contributed by atoms with van der Waals surface area (Å²) in [6, 6.07) is 5.85. The third kappa shape index (κ3) is 4.98. The van der Waals surface area contributed by atoms with E-state index in [1.165, 1.54) is 12.1 Å². The second-order valence-electron chi connectivity index (χ2n) is 6.60. The SMILES string of the molecule is CC(C)C(C)NC(=O)C1CSCN1C(=O)Cc1ccc(C(=O)O)cc1. The average Bonchev–Trinajstić information content (AvgIpc) is 3.05. The van der Waals surface area contributed by atoms with Gasteiger partial charge in [0.2, 0.25) is 11.8 Å². The van der Waals surface area contributed by atoms with E-state index in [1.54, 1.807) is 28.8 Å². The van der Waals surface area contributed by atoms with E-state index in [-0.39, 0.29) is 29.8 Å². The minimum atomic E-state index is -0.996. The number of carboxylic acid groups (broad SMARTS) is 1. The van der Waals surface area contributed by atoms with Gasteiger partial charge < -0.3 is 15.3 Å². The normalized spacial score (nSPS) is 18.2. The molecule has 1 aliphatic rings. The van der Waals surface area contributed by atoms with E-state index in [9.17, 15) is 14.4 Å². The molecule has 0 bridgehead atoms. The molecule has 1 aromatic carbocycles. The summed E-state index contributed by atoms with van der Waals surface area (Å²) in [7, 11) is 0. The molecule has 0 radical (unpaired) electrons. The smallest absolute Gasteiger partial charge is 0.335 e. The van der Waals surface area contributed by atoms with E-state index in [0.29, 0.717) is 17.5 Å². The van der Waals surface area contributed by atoms with Gasteiger partial charge in [-0.3, -0.25) is 9.59 Å². The first-order valence-corrected chi connectivity index (χ1v) is 9.45. The Balaban J connectivity index is 2.00. The van der Waals surface area contributed by atoms with Crippen LogP contribution in [0.3, 0.4) is 0 Å². The molecule has 0 aliphatic carbocycles. The summed E-state index contributed by atoms with van der Waals surface area (Å²) in [4.78, 5) is 37.5. The van der Waals surface area contributed by atoms with Crippen molar-refractivity contribution < 1.29 is 19.5 Å². The molecule has 2 amide bonds.